The molecule has 1 aromatic carbocycles. The van der Waals surface area contributed by atoms with E-state index in [9.17, 15) is 0 Å². The SMILES string of the molecule is CC1CN(c2ccc(-c3ccc(CNN4CCCCC4)cc3)cn2)CCN1C1CC1. The second-order valence-electron chi connectivity index (χ2n) is 9.25. The summed E-state index contributed by atoms with van der Waals surface area (Å²) in [6.45, 7) is 8.95. The number of nitrogens with zero attached hydrogens (tertiary/aromatic N) is 4. The van der Waals surface area contributed by atoms with Gasteiger partial charge in [0.1, 0.15) is 5.82 Å². The summed E-state index contributed by atoms with van der Waals surface area (Å²) in [6.07, 6.45) is 8.81. The van der Waals surface area contributed by atoms with Crippen molar-refractivity contribution in [2.75, 3.05) is 37.6 Å². The lowest BCUT2D eigenvalue weighted by atomic mass is 10.1. The zero-order valence-corrected chi connectivity index (χ0v) is 18.3. The smallest absolute Gasteiger partial charge is 0.128 e. The number of rotatable bonds is 6. The molecule has 2 aliphatic heterocycles. The van der Waals surface area contributed by atoms with Crippen LogP contribution in [0.2, 0.25) is 0 Å². The highest BCUT2D eigenvalue weighted by molar-refractivity contribution is 5.64. The predicted octanol–water partition coefficient (Wildman–Crippen LogP) is 3.91. The summed E-state index contributed by atoms with van der Waals surface area (Å²) >= 11 is 0. The molecule has 30 heavy (non-hydrogen) atoms. The quantitative estimate of drug-likeness (QED) is 0.788. The number of benzene rings is 1. The summed E-state index contributed by atoms with van der Waals surface area (Å²) in [4.78, 5) is 9.94. The highest BCUT2D eigenvalue weighted by atomic mass is 15.5. The van der Waals surface area contributed by atoms with Crippen LogP contribution < -0.4 is 10.3 Å². The molecular weight excluding hydrogens is 370 g/mol. The molecule has 3 aliphatic rings. The molecule has 5 heteroatoms. The Hall–Kier alpha value is -1.95. The number of hydrazine groups is 1. The van der Waals surface area contributed by atoms with Crippen molar-refractivity contribution in [2.24, 2.45) is 0 Å². The largest absolute Gasteiger partial charge is 0.354 e. The topological polar surface area (TPSA) is 34.6 Å². The van der Waals surface area contributed by atoms with E-state index in [2.05, 4.69) is 63.6 Å². The first-order valence-corrected chi connectivity index (χ1v) is 11.8. The van der Waals surface area contributed by atoms with E-state index < -0.39 is 0 Å². The van der Waals surface area contributed by atoms with Gasteiger partial charge in [0, 0.05) is 63.1 Å². The van der Waals surface area contributed by atoms with Crippen LogP contribution in [0, 0.1) is 0 Å². The maximum atomic E-state index is 4.81. The van der Waals surface area contributed by atoms with Crippen molar-refractivity contribution in [3.63, 3.8) is 0 Å². The maximum absolute atomic E-state index is 4.81. The minimum absolute atomic E-state index is 0.624. The Morgan fingerprint density at radius 1 is 0.900 bits per heavy atom. The van der Waals surface area contributed by atoms with E-state index in [1.165, 1.54) is 68.4 Å². The highest BCUT2D eigenvalue weighted by Gasteiger charge is 2.35. The fraction of sp³-hybridized carbons (Fsp3) is 0.560. The molecule has 5 nitrogen and oxygen atoms in total. The summed E-state index contributed by atoms with van der Waals surface area (Å²) < 4.78 is 0. The van der Waals surface area contributed by atoms with E-state index in [0.717, 1.165) is 31.5 Å². The maximum Gasteiger partial charge on any atom is 0.128 e. The first-order chi connectivity index (χ1) is 14.8. The van der Waals surface area contributed by atoms with Gasteiger partial charge in [-0.15, -0.1) is 0 Å². The van der Waals surface area contributed by atoms with Gasteiger partial charge in [0.05, 0.1) is 0 Å². The summed E-state index contributed by atoms with van der Waals surface area (Å²) in [7, 11) is 0. The molecular formula is C25H35N5. The minimum atomic E-state index is 0.624. The average molecular weight is 406 g/mol. The molecule has 3 heterocycles. The average Bonchev–Trinajstić information content (AvgIpc) is 3.64. The number of nitrogens with one attached hydrogen (secondary N) is 1. The van der Waals surface area contributed by atoms with Gasteiger partial charge in [0.2, 0.25) is 0 Å². The van der Waals surface area contributed by atoms with Gasteiger partial charge in [-0.25, -0.2) is 9.99 Å². The molecule has 1 aliphatic carbocycles. The number of piperazine rings is 1. The van der Waals surface area contributed by atoms with Gasteiger partial charge in [-0.2, -0.15) is 0 Å². The zero-order valence-electron chi connectivity index (χ0n) is 18.3. The fourth-order valence-corrected chi connectivity index (χ4v) is 4.94. The van der Waals surface area contributed by atoms with Crippen LogP contribution in [0.1, 0.15) is 44.6 Å². The van der Waals surface area contributed by atoms with Gasteiger partial charge in [-0.1, -0.05) is 30.7 Å². The van der Waals surface area contributed by atoms with E-state index in [-0.39, 0.29) is 0 Å². The summed E-state index contributed by atoms with van der Waals surface area (Å²) in [5, 5.41) is 2.37. The Morgan fingerprint density at radius 3 is 2.33 bits per heavy atom. The molecule has 160 valence electrons. The Bertz CT molecular complexity index is 808. The van der Waals surface area contributed by atoms with Crippen LogP contribution in [0.15, 0.2) is 42.6 Å². The lowest BCUT2D eigenvalue weighted by molar-refractivity contribution is 0.151. The van der Waals surface area contributed by atoms with Crippen LogP contribution in [0.5, 0.6) is 0 Å². The third kappa shape index (κ3) is 4.69. The molecule has 0 amide bonds. The molecule has 0 spiro atoms. The van der Waals surface area contributed by atoms with Crippen molar-refractivity contribution in [1.29, 1.82) is 0 Å². The number of aromatic nitrogens is 1. The van der Waals surface area contributed by atoms with Crippen LogP contribution >= 0.6 is 0 Å². The Morgan fingerprint density at radius 2 is 1.67 bits per heavy atom. The van der Waals surface area contributed by atoms with Crippen molar-refractivity contribution in [3.8, 4) is 11.1 Å². The summed E-state index contributed by atoms with van der Waals surface area (Å²) in [5.41, 5.74) is 7.33. The summed E-state index contributed by atoms with van der Waals surface area (Å²) in [6, 6.07) is 14.8. The van der Waals surface area contributed by atoms with Gasteiger partial charge >= 0.3 is 0 Å². The van der Waals surface area contributed by atoms with E-state index in [0.29, 0.717) is 6.04 Å². The van der Waals surface area contributed by atoms with Gasteiger partial charge in [0.15, 0.2) is 0 Å². The van der Waals surface area contributed by atoms with Crippen LogP contribution in [-0.2, 0) is 6.54 Å². The molecule has 1 atom stereocenters. The molecule has 3 fully saturated rings. The Kier molecular flexibility index (Phi) is 6.02. The molecule has 1 N–H and O–H groups in total. The molecule has 0 bridgehead atoms. The highest BCUT2D eigenvalue weighted by Crippen LogP contribution is 2.31. The third-order valence-corrected chi connectivity index (χ3v) is 6.92. The predicted molar refractivity (Wildman–Crippen MR) is 123 cm³/mol. The molecule has 2 saturated heterocycles. The molecule has 2 aromatic rings. The zero-order chi connectivity index (χ0) is 20.3. The lowest BCUT2D eigenvalue weighted by Gasteiger charge is -2.40. The van der Waals surface area contributed by atoms with Gasteiger partial charge < -0.3 is 4.90 Å². The van der Waals surface area contributed by atoms with Crippen LogP contribution in [0.3, 0.4) is 0 Å². The molecule has 1 aromatic heterocycles. The van der Waals surface area contributed by atoms with Crippen molar-refractivity contribution in [3.05, 3.63) is 48.2 Å². The van der Waals surface area contributed by atoms with E-state index in [1.807, 2.05) is 6.20 Å². The van der Waals surface area contributed by atoms with E-state index >= 15 is 0 Å². The van der Waals surface area contributed by atoms with Gasteiger partial charge in [-0.3, -0.25) is 10.3 Å². The first kappa shape index (κ1) is 20.0. The van der Waals surface area contributed by atoms with Gasteiger partial charge in [-0.05, 0) is 55.9 Å². The molecule has 1 saturated carbocycles. The Labute approximate surface area is 181 Å². The monoisotopic (exact) mass is 405 g/mol. The van der Waals surface area contributed by atoms with Gasteiger partial charge in [0.25, 0.3) is 0 Å². The summed E-state index contributed by atoms with van der Waals surface area (Å²) in [5.74, 6) is 1.11. The fourth-order valence-electron chi connectivity index (χ4n) is 4.94. The first-order valence-electron chi connectivity index (χ1n) is 11.8. The molecule has 5 rings (SSSR count). The van der Waals surface area contributed by atoms with E-state index in [4.69, 9.17) is 4.98 Å². The molecule has 1 unspecified atom stereocenters. The van der Waals surface area contributed by atoms with Crippen LogP contribution in [0.25, 0.3) is 11.1 Å². The number of piperidine rings is 1. The van der Waals surface area contributed by atoms with Crippen molar-refractivity contribution < 1.29 is 0 Å². The number of hydrogen-bond acceptors (Lipinski definition) is 5. The second-order valence-corrected chi connectivity index (χ2v) is 9.25. The normalized spacial score (nSPS) is 23.6. The lowest BCUT2D eigenvalue weighted by Crippen LogP contribution is -2.52. The third-order valence-electron chi connectivity index (χ3n) is 6.92. The standard InChI is InChI=1S/C25H35N5/c1-20-19-28(15-16-30(20)24-10-11-24)25-12-9-23(18-26-25)22-7-5-21(6-8-22)17-27-29-13-3-2-4-14-29/h5-9,12,18,20,24,27H,2-4,10-11,13-17,19H2,1H3. The van der Waals surface area contributed by atoms with Crippen molar-refractivity contribution >= 4 is 5.82 Å². The number of hydrogen-bond donors (Lipinski definition) is 1. The van der Waals surface area contributed by atoms with Crippen molar-refractivity contribution in [2.45, 2.75) is 57.7 Å². The van der Waals surface area contributed by atoms with E-state index in [1.54, 1.807) is 0 Å². The Balaban J connectivity index is 1.17. The molecule has 0 radical (unpaired) electrons. The second kappa shape index (κ2) is 9.04. The van der Waals surface area contributed by atoms with Crippen molar-refractivity contribution in [1.82, 2.24) is 20.3 Å². The van der Waals surface area contributed by atoms with Crippen LogP contribution in [0.4, 0.5) is 5.82 Å². The number of anilines is 1. The number of pyridine rings is 1. The van der Waals surface area contributed by atoms with Crippen LogP contribution in [-0.4, -0.2) is 59.7 Å². The minimum Gasteiger partial charge on any atom is -0.354 e.